The molecule has 1 aromatic carbocycles. The molecule has 2 aromatic rings. The van der Waals surface area contributed by atoms with E-state index < -0.39 is 0 Å². The van der Waals surface area contributed by atoms with Gasteiger partial charge in [0.25, 0.3) is 0 Å². The lowest BCUT2D eigenvalue weighted by Gasteiger charge is -2.17. The third kappa shape index (κ3) is 4.58. The molecular formula is C18H24N2S. The van der Waals surface area contributed by atoms with E-state index in [0.29, 0.717) is 6.04 Å². The number of benzene rings is 1. The van der Waals surface area contributed by atoms with Crippen LogP contribution in [-0.2, 0) is 0 Å². The molecule has 0 saturated heterocycles. The van der Waals surface area contributed by atoms with Gasteiger partial charge in [0.1, 0.15) is 5.03 Å². The Labute approximate surface area is 132 Å². The van der Waals surface area contributed by atoms with Gasteiger partial charge in [-0.2, -0.15) is 0 Å². The summed E-state index contributed by atoms with van der Waals surface area (Å²) in [4.78, 5) is 5.92. The second-order valence-electron chi connectivity index (χ2n) is 5.44. The Kier molecular flexibility index (Phi) is 5.83. The number of hydrogen-bond donors (Lipinski definition) is 1. The minimum Gasteiger partial charge on any atom is -0.310 e. The van der Waals surface area contributed by atoms with Gasteiger partial charge in [0.2, 0.25) is 0 Å². The summed E-state index contributed by atoms with van der Waals surface area (Å²) in [6, 6.07) is 13.2. The van der Waals surface area contributed by atoms with Gasteiger partial charge in [-0.05, 0) is 63.1 Å². The average Bonchev–Trinajstić information content (AvgIpc) is 2.44. The summed E-state index contributed by atoms with van der Waals surface area (Å²) in [6.07, 6.45) is 1.15. The van der Waals surface area contributed by atoms with Crippen molar-refractivity contribution in [3.63, 3.8) is 0 Å². The number of hydrogen-bond acceptors (Lipinski definition) is 3. The molecule has 0 fully saturated rings. The van der Waals surface area contributed by atoms with Crippen molar-refractivity contribution in [1.29, 1.82) is 0 Å². The highest BCUT2D eigenvalue weighted by Gasteiger charge is 2.11. The maximum absolute atomic E-state index is 4.63. The number of nitrogens with one attached hydrogen (secondary N) is 1. The third-order valence-electron chi connectivity index (χ3n) is 3.37. The Morgan fingerprint density at radius 3 is 2.67 bits per heavy atom. The third-order valence-corrected chi connectivity index (χ3v) is 4.38. The molecule has 1 atom stereocenters. The van der Waals surface area contributed by atoms with Crippen LogP contribution in [0.1, 0.15) is 43.1 Å². The Morgan fingerprint density at radius 2 is 1.95 bits per heavy atom. The van der Waals surface area contributed by atoms with Crippen molar-refractivity contribution in [2.24, 2.45) is 0 Å². The minimum absolute atomic E-state index is 0.361. The van der Waals surface area contributed by atoms with Crippen LogP contribution in [0.3, 0.4) is 0 Å². The zero-order valence-electron chi connectivity index (χ0n) is 13.3. The summed E-state index contributed by atoms with van der Waals surface area (Å²) in [6.45, 7) is 9.64. The van der Waals surface area contributed by atoms with Crippen molar-refractivity contribution < 1.29 is 0 Å². The van der Waals surface area contributed by atoms with E-state index in [1.165, 1.54) is 16.0 Å². The Morgan fingerprint density at radius 1 is 1.19 bits per heavy atom. The highest BCUT2D eigenvalue weighted by Crippen LogP contribution is 2.32. The van der Waals surface area contributed by atoms with Gasteiger partial charge >= 0.3 is 0 Å². The van der Waals surface area contributed by atoms with E-state index in [-0.39, 0.29) is 0 Å². The Balaban J connectivity index is 2.23. The molecule has 1 heterocycles. The summed E-state index contributed by atoms with van der Waals surface area (Å²) in [7, 11) is 0. The fourth-order valence-corrected chi connectivity index (χ4v) is 3.54. The van der Waals surface area contributed by atoms with Gasteiger partial charge in [0.15, 0.2) is 0 Å². The lowest BCUT2D eigenvalue weighted by atomic mass is 10.1. The average molecular weight is 300 g/mol. The molecule has 0 aliphatic carbocycles. The molecule has 2 nitrogen and oxygen atoms in total. The van der Waals surface area contributed by atoms with E-state index in [4.69, 9.17) is 0 Å². The van der Waals surface area contributed by atoms with Gasteiger partial charge in [-0.3, -0.25) is 0 Å². The SMILES string of the molecule is CCCNC(C)c1ccccc1Sc1cc(C)cc(C)n1. The van der Waals surface area contributed by atoms with Gasteiger partial charge in [0.05, 0.1) is 0 Å². The molecule has 1 aromatic heterocycles. The largest absolute Gasteiger partial charge is 0.310 e. The molecule has 1 unspecified atom stereocenters. The molecular weight excluding hydrogens is 276 g/mol. The van der Waals surface area contributed by atoms with Crippen LogP contribution in [-0.4, -0.2) is 11.5 Å². The van der Waals surface area contributed by atoms with Gasteiger partial charge in [0, 0.05) is 16.6 Å². The first kappa shape index (κ1) is 16.1. The molecule has 2 rings (SSSR count). The first-order chi connectivity index (χ1) is 10.1. The van der Waals surface area contributed by atoms with Crippen LogP contribution >= 0.6 is 11.8 Å². The predicted octanol–water partition coefficient (Wildman–Crippen LogP) is 4.91. The summed E-state index contributed by atoms with van der Waals surface area (Å²) in [5.74, 6) is 0. The molecule has 0 aliphatic heterocycles. The van der Waals surface area contributed by atoms with Gasteiger partial charge < -0.3 is 5.32 Å². The van der Waals surface area contributed by atoms with Crippen molar-refractivity contribution in [2.45, 2.75) is 50.1 Å². The molecule has 112 valence electrons. The summed E-state index contributed by atoms with van der Waals surface area (Å²) in [5, 5.41) is 4.64. The fourth-order valence-electron chi connectivity index (χ4n) is 2.37. The van der Waals surface area contributed by atoms with E-state index in [1.54, 1.807) is 11.8 Å². The van der Waals surface area contributed by atoms with E-state index in [1.807, 2.05) is 6.92 Å². The quantitative estimate of drug-likeness (QED) is 0.820. The maximum Gasteiger partial charge on any atom is 0.101 e. The number of pyridine rings is 1. The summed E-state index contributed by atoms with van der Waals surface area (Å²) in [5.41, 5.74) is 3.68. The smallest absolute Gasteiger partial charge is 0.101 e. The van der Waals surface area contributed by atoms with Gasteiger partial charge in [-0.15, -0.1) is 0 Å². The Hall–Kier alpha value is -1.32. The van der Waals surface area contributed by atoms with Crippen molar-refractivity contribution in [3.8, 4) is 0 Å². The molecule has 21 heavy (non-hydrogen) atoms. The number of aryl methyl sites for hydroxylation is 2. The first-order valence-corrected chi connectivity index (χ1v) is 8.37. The molecule has 0 radical (unpaired) electrons. The van der Waals surface area contributed by atoms with Crippen molar-refractivity contribution in [3.05, 3.63) is 53.2 Å². The molecule has 0 amide bonds. The van der Waals surface area contributed by atoms with Crippen molar-refractivity contribution in [2.75, 3.05) is 6.54 Å². The van der Waals surface area contributed by atoms with Crippen molar-refractivity contribution >= 4 is 11.8 Å². The number of rotatable bonds is 6. The van der Waals surface area contributed by atoms with Crippen LogP contribution < -0.4 is 5.32 Å². The van der Waals surface area contributed by atoms with Crippen LogP contribution in [0, 0.1) is 13.8 Å². The van der Waals surface area contributed by atoms with E-state index in [2.05, 4.69) is 67.5 Å². The topological polar surface area (TPSA) is 24.9 Å². The second-order valence-corrected chi connectivity index (χ2v) is 6.50. The zero-order chi connectivity index (χ0) is 15.2. The molecule has 0 spiro atoms. The van der Waals surface area contributed by atoms with Crippen LogP contribution in [0.5, 0.6) is 0 Å². The van der Waals surface area contributed by atoms with Crippen LogP contribution in [0.4, 0.5) is 0 Å². The second kappa shape index (κ2) is 7.62. The highest BCUT2D eigenvalue weighted by molar-refractivity contribution is 7.99. The van der Waals surface area contributed by atoms with Gasteiger partial charge in [-0.25, -0.2) is 4.98 Å². The molecule has 0 bridgehead atoms. The maximum atomic E-state index is 4.63. The Bertz CT molecular complexity index is 575. The molecule has 3 heteroatoms. The van der Waals surface area contributed by atoms with E-state index in [0.717, 1.165) is 23.7 Å². The first-order valence-electron chi connectivity index (χ1n) is 7.55. The molecule has 1 N–H and O–H groups in total. The van der Waals surface area contributed by atoms with E-state index in [9.17, 15) is 0 Å². The normalized spacial score (nSPS) is 12.4. The highest BCUT2D eigenvalue weighted by atomic mass is 32.2. The summed E-state index contributed by atoms with van der Waals surface area (Å²) >= 11 is 1.75. The number of aromatic nitrogens is 1. The lowest BCUT2D eigenvalue weighted by molar-refractivity contribution is 0.564. The predicted molar refractivity (Wildman–Crippen MR) is 91.0 cm³/mol. The fraction of sp³-hybridized carbons (Fsp3) is 0.389. The monoisotopic (exact) mass is 300 g/mol. The summed E-state index contributed by atoms with van der Waals surface area (Å²) < 4.78 is 0. The van der Waals surface area contributed by atoms with Crippen molar-refractivity contribution in [1.82, 2.24) is 10.3 Å². The van der Waals surface area contributed by atoms with Crippen LogP contribution in [0.25, 0.3) is 0 Å². The van der Waals surface area contributed by atoms with Gasteiger partial charge in [-0.1, -0.05) is 36.9 Å². The molecule has 0 aliphatic rings. The standard InChI is InChI=1S/C18H24N2S/c1-5-10-19-15(4)16-8-6-7-9-17(16)21-18-12-13(2)11-14(3)20-18/h6-9,11-12,15,19H,5,10H2,1-4H3. The van der Waals surface area contributed by atoms with E-state index >= 15 is 0 Å². The van der Waals surface area contributed by atoms with Crippen LogP contribution in [0.15, 0.2) is 46.3 Å². The van der Waals surface area contributed by atoms with Crippen LogP contribution in [0.2, 0.25) is 0 Å². The lowest BCUT2D eigenvalue weighted by Crippen LogP contribution is -2.19. The zero-order valence-corrected chi connectivity index (χ0v) is 14.1. The molecule has 0 saturated carbocycles. The number of nitrogens with zero attached hydrogens (tertiary/aromatic N) is 1. The minimum atomic E-state index is 0.361.